The first-order valence-corrected chi connectivity index (χ1v) is 17.0. The summed E-state index contributed by atoms with van der Waals surface area (Å²) in [5.41, 5.74) is 4.96. The Morgan fingerprint density at radius 2 is 0.837 bits per heavy atom. The molecule has 0 heterocycles. The molecular formula is C41H84KO-. The molecule has 0 bridgehead atoms. The smallest absolute Gasteiger partial charge is 0.870 e. The quantitative estimate of drug-likeness (QED) is 0.161. The van der Waals surface area contributed by atoms with Crippen molar-refractivity contribution in [3.63, 3.8) is 0 Å². The van der Waals surface area contributed by atoms with Gasteiger partial charge in [0.25, 0.3) is 0 Å². The van der Waals surface area contributed by atoms with E-state index in [1.54, 1.807) is 0 Å². The Labute approximate surface area is 319 Å². The maximum atomic E-state index is 3.75. The summed E-state index contributed by atoms with van der Waals surface area (Å²) in [6.45, 7) is 37.5. The fraction of sp³-hybridized carbons (Fsp3) is 0.780. The molecule has 2 aliphatic rings. The van der Waals surface area contributed by atoms with Gasteiger partial charge < -0.3 is 12.9 Å². The molecule has 0 spiro atoms. The Bertz CT molecular complexity index is 559. The minimum atomic E-state index is 0. The van der Waals surface area contributed by atoms with E-state index in [0.717, 1.165) is 0 Å². The molecule has 256 valence electrons. The van der Waals surface area contributed by atoms with Crippen molar-refractivity contribution >= 4 is 0 Å². The predicted molar refractivity (Wildman–Crippen MR) is 201 cm³/mol. The van der Waals surface area contributed by atoms with Crippen molar-refractivity contribution in [2.75, 3.05) is 0 Å². The Morgan fingerprint density at radius 1 is 0.651 bits per heavy atom. The second-order valence-corrected chi connectivity index (χ2v) is 14.8. The van der Waals surface area contributed by atoms with Crippen molar-refractivity contribution in [2.24, 2.45) is 16.7 Å². The van der Waals surface area contributed by atoms with E-state index in [0.29, 0.717) is 16.7 Å². The summed E-state index contributed by atoms with van der Waals surface area (Å²) < 4.78 is 0. The van der Waals surface area contributed by atoms with Crippen LogP contribution < -0.4 is 51.4 Å². The Balaban J connectivity index is -0.0000000718. The zero-order valence-corrected chi connectivity index (χ0v) is 36.4. The van der Waals surface area contributed by atoms with Crippen molar-refractivity contribution in [1.29, 1.82) is 0 Å². The third-order valence-corrected chi connectivity index (χ3v) is 7.32. The SMILES string of the molecule is C1=CCCCCCC1.C1CCCCCCC1.C=C(C)C(C)C.C=CC(C)(C)C.CC(C)=C(C)C.CCC(C)(C)C.[CH3-].[K+].[OH-]. The minimum Gasteiger partial charge on any atom is -0.870 e. The number of hydrogen-bond donors (Lipinski definition) is 0. The molecule has 0 aromatic rings. The van der Waals surface area contributed by atoms with Crippen molar-refractivity contribution in [1.82, 2.24) is 0 Å². The van der Waals surface area contributed by atoms with Gasteiger partial charge in [-0.15, -0.1) is 6.58 Å². The molecule has 0 aromatic carbocycles. The molecule has 0 aliphatic heterocycles. The van der Waals surface area contributed by atoms with Gasteiger partial charge in [0.2, 0.25) is 0 Å². The molecule has 43 heavy (non-hydrogen) atoms. The van der Waals surface area contributed by atoms with Crippen LogP contribution in [0.25, 0.3) is 0 Å². The average molecular weight is 632 g/mol. The van der Waals surface area contributed by atoms with Crippen LogP contribution in [0.3, 0.4) is 0 Å². The first-order valence-electron chi connectivity index (χ1n) is 17.0. The summed E-state index contributed by atoms with van der Waals surface area (Å²) in [5, 5.41) is 0. The minimum absolute atomic E-state index is 0. The van der Waals surface area contributed by atoms with Gasteiger partial charge >= 0.3 is 51.4 Å². The topological polar surface area (TPSA) is 30.0 Å². The van der Waals surface area contributed by atoms with Gasteiger partial charge in [0.15, 0.2) is 0 Å². The van der Waals surface area contributed by atoms with E-state index in [4.69, 9.17) is 0 Å². The summed E-state index contributed by atoms with van der Waals surface area (Å²) in [4.78, 5) is 0. The van der Waals surface area contributed by atoms with Gasteiger partial charge in [0.1, 0.15) is 0 Å². The van der Waals surface area contributed by atoms with Crippen LogP contribution in [-0.4, -0.2) is 5.48 Å². The van der Waals surface area contributed by atoms with E-state index in [-0.39, 0.29) is 64.3 Å². The first-order chi connectivity index (χ1) is 18.4. The summed E-state index contributed by atoms with van der Waals surface area (Å²) in [7, 11) is 0. The molecule has 1 N–H and O–H groups in total. The predicted octanol–water partition coefficient (Wildman–Crippen LogP) is 12.5. The average Bonchev–Trinajstić information content (AvgIpc) is 2.79. The summed E-state index contributed by atoms with van der Waals surface area (Å²) in [6, 6.07) is 0. The molecule has 2 aliphatic carbocycles. The molecule has 2 heteroatoms. The van der Waals surface area contributed by atoms with Gasteiger partial charge in [0, 0.05) is 0 Å². The van der Waals surface area contributed by atoms with Crippen LogP contribution in [0.15, 0.2) is 48.1 Å². The molecule has 2 rings (SSSR count). The van der Waals surface area contributed by atoms with Gasteiger partial charge in [0.05, 0.1) is 0 Å². The van der Waals surface area contributed by atoms with E-state index in [1.165, 1.54) is 113 Å². The molecule has 1 nitrogen and oxygen atoms in total. The molecule has 0 atom stereocenters. The van der Waals surface area contributed by atoms with Crippen LogP contribution in [0.5, 0.6) is 0 Å². The van der Waals surface area contributed by atoms with E-state index in [2.05, 4.69) is 115 Å². The Kier molecular flexibility index (Phi) is 55.7. The third-order valence-electron chi connectivity index (χ3n) is 7.32. The third kappa shape index (κ3) is 75.0. The standard InChI is InChI=1S/C8H16.C8H14.C6H14.3C6H12.CH3.K.H2O/c2*1-2-4-6-8-7-5-3-1;2*1-5-6(2,3)4;2*1-5(2)6(3)4;;;/h1-8H2;1-2H,3-8H2;5H2,1-4H3;5H,1H2,2-4H3;1-4H3;6H,1H2,2-4H3;1H3;;1H2/q;;;;;;-1;+1;/p-1. The van der Waals surface area contributed by atoms with Gasteiger partial charge in [-0.25, -0.2) is 0 Å². The molecule has 0 radical (unpaired) electrons. The second-order valence-electron chi connectivity index (χ2n) is 14.8. The molecule has 1 saturated carbocycles. The summed E-state index contributed by atoms with van der Waals surface area (Å²) in [6.07, 6.45) is 28.2. The van der Waals surface area contributed by atoms with Crippen molar-refractivity contribution < 1.29 is 56.9 Å². The van der Waals surface area contributed by atoms with E-state index < -0.39 is 0 Å². The maximum Gasteiger partial charge on any atom is 1.00 e. The summed E-state index contributed by atoms with van der Waals surface area (Å²) >= 11 is 0. The molecule has 0 aromatic heterocycles. The van der Waals surface area contributed by atoms with Gasteiger partial charge in [-0.2, -0.15) is 0 Å². The molecular weight excluding hydrogens is 548 g/mol. The van der Waals surface area contributed by atoms with E-state index in [9.17, 15) is 0 Å². The molecule has 0 amide bonds. The van der Waals surface area contributed by atoms with Crippen LogP contribution in [0, 0.1) is 24.2 Å². The van der Waals surface area contributed by atoms with E-state index >= 15 is 0 Å². The fourth-order valence-electron chi connectivity index (χ4n) is 2.53. The zero-order chi connectivity index (χ0) is 32.0. The van der Waals surface area contributed by atoms with Crippen LogP contribution in [0.1, 0.15) is 193 Å². The van der Waals surface area contributed by atoms with Crippen molar-refractivity contribution in [3.05, 3.63) is 55.5 Å². The van der Waals surface area contributed by atoms with Crippen LogP contribution in [0.4, 0.5) is 0 Å². The van der Waals surface area contributed by atoms with Crippen LogP contribution >= 0.6 is 0 Å². The van der Waals surface area contributed by atoms with Crippen molar-refractivity contribution in [2.45, 2.75) is 193 Å². The van der Waals surface area contributed by atoms with Gasteiger partial charge in [-0.3, -0.25) is 0 Å². The van der Waals surface area contributed by atoms with Crippen molar-refractivity contribution in [3.8, 4) is 0 Å². The molecule has 0 saturated heterocycles. The fourth-order valence-corrected chi connectivity index (χ4v) is 2.53. The Morgan fingerprint density at radius 3 is 0.953 bits per heavy atom. The summed E-state index contributed by atoms with van der Waals surface area (Å²) in [5.74, 6) is 0.657. The molecule has 1 fully saturated rings. The Hall–Kier alpha value is 0.556. The van der Waals surface area contributed by atoms with E-state index in [1.807, 2.05) is 13.0 Å². The largest absolute Gasteiger partial charge is 1.00 e. The van der Waals surface area contributed by atoms with Crippen LogP contribution in [0.2, 0.25) is 0 Å². The normalized spacial score (nSPS) is 14.2. The zero-order valence-electron chi connectivity index (χ0n) is 33.3. The number of hydrogen-bond acceptors (Lipinski definition) is 1. The number of rotatable bonds is 1. The van der Waals surface area contributed by atoms with Gasteiger partial charge in [-0.1, -0.05) is 174 Å². The maximum absolute atomic E-state index is 3.75. The number of allylic oxidation sites excluding steroid dienone is 6. The molecule has 0 unspecified atom stereocenters. The van der Waals surface area contributed by atoms with Gasteiger partial charge in [-0.05, 0) is 77.0 Å². The first kappa shape index (κ1) is 59.0. The second kappa shape index (κ2) is 40.6. The van der Waals surface area contributed by atoms with Crippen LogP contribution in [-0.2, 0) is 0 Å². The monoisotopic (exact) mass is 632 g/mol.